The molecule has 0 unspecified atom stereocenters. The molecule has 5 rings (SSSR count). The van der Waals surface area contributed by atoms with Crippen LogP contribution in [0.2, 0.25) is 0 Å². The zero-order valence-corrected chi connectivity index (χ0v) is 19.7. The number of rotatable bonds is 6. The van der Waals surface area contributed by atoms with Crippen molar-refractivity contribution in [3.8, 4) is 17.2 Å². The number of carbonyl (C=O) groups excluding carboxylic acids is 1. The van der Waals surface area contributed by atoms with Gasteiger partial charge in [0.2, 0.25) is 12.7 Å². The van der Waals surface area contributed by atoms with Gasteiger partial charge in [-0.25, -0.2) is 4.98 Å². The Hall–Kier alpha value is -3.30. The number of nitrogens with zero attached hydrogens (tertiary/aromatic N) is 2. The molecular formula is C24H21N3O4S2. The predicted octanol–water partition coefficient (Wildman–Crippen LogP) is 4.20. The fourth-order valence-corrected chi connectivity index (χ4v) is 5.12. The average Bonchev–Trinajstić information content (AvgIpc) is 3.47. The Bertz CT molecular complexity index is 1430. The van der Waals surface area contributed by atoms with E-state index in [2.05, 4.69) is 10.3 Å². The van der Waals surface area contributed by atoms with Crippen LogP contribution in [0.4, 0.5) is 0 Å². The van der Waals surface area contributed by atoms with Crippen molar-refractivity contribution in [2.75, 3.05) is 12.5 Å². The van der Waals surface area contributed by atoms with Crippen LogP contribution in [0.15, 0.2) is 57.8 Å². The molecule has 1 aliphatic rings. The highest BCUT2D eigenvalue weighted by atomic mass is 32.2. The maximum atomic E-state index is 13.3. The van der Waals surface area contributed by atoms with Crippen molar-refractivity contribution in [2.45, 2.75) is 25.5 Å². The maximum Gasteiger partial charge on any atom is 0.276 e. The fourth-order valence-electron chi connectivity index (χ4n) is 3.51. The summed E-state index contributed by atoms with van der Waals surface area (Å²) in [5.41, 5.74) is 4.42. The van der Waals surface area contributed by atoms with Crippen LogP contribution in [0.5, 0.6) is 11.5 Å². The summed E-state index contributed by atoms with van der Waals surface area (Å²) in [4.78, 5) is 30.5. The van der Waals surface area contributed by atoms with Crippen LogP contribution >= 0.6 is 23.1 Å². The summed E-state index contributed by atoms with van der Waals surface area (Å²) in [7, 11) is 0. The van der Waals surface area contributed by atoms with Gasteiger partial charge in [0.25, 0.3) is 5.56 Å². The van der Waals surface area contributed by atoms with Crippen molar-refractivity contribution in [1.82, 2.24) is 14.9 Å². The topological polar surface area (TPSA) is 82.5 Å². The molecular weight excluding hydrogens is 458 g/mol. The minimum atomic E-state index is -0.149. The fraction of sp³-hybridized carbons (Fsp3) is 0.208. The van der Waals surface area contributed by atoms with Gasteiger partial charge < -0.3 is 14.8 Å². The van der Waals surface area contributed by atoms with E-state index in [1.54, 1.807) is 4.57 Å². The number of nitrogens with one attached hydrogen (secondary N) is 1. The highest BCUT2D eigenvalue weighted by Crippen LogP contribution is 2.32. The lowest BCUT2D eigenvalue weighted by Gasteiger charge is -2.13. The minimum Gasteiger partial charge on any atom is -0.454 e. The summed E-state index contributed by atoms with van der Waals surface area (Å²) in [5.74, 6) is 1.38. The minimum absolute atomic E-state index is 0.124. The van der Waals surface area contributed by atoms with Gasteiger partial charge in [0, 0.05) is 6.54 Å². The summed E-state index contributed by atoms with van der Waals surface area (Å²) in [5, 5.41) is 5.26. The average molecular weight is 480 g/mol. The lowest BCUT2D eigenvalue weighted by molar-refractivity contribution is -0.118. The van der Waals surface area contributed by atoms with Crippen LogP contribution < -0.4 is 20.3 Å². The molecule has 0 atom stereocenters. The zero-order chi connectivity index (χ0) is 22.9. The van der Waals surface area contributed by atoms with Crippen molar-refractivity contribution in [3.63, 3.8) is 0 Å². The van der Waals surface area contributed by atoms with E-state index in [-0.39, 0.29) is 24.0 Å². The van der Waals surface area contributed by atoms with Crippen molar-refractivity contribution in [1.29, 1.82) is 0 Å². The molecule has 0 saturated heterocycles. The number of carbonyl (C=O) groups is 1. The molecule has 0 fully saturated rings. The van der Waals surface area contributed by atoms with Crippen molar-refractivity contribution in [3.05, 3.63) is 74.9 Å². The number of benzene rings is 2. The van der Waals surface area contributed by atoms with E-state index in [9.17, 15) is 9.59 Å². The van der Waals surface area contributed by atoms with E-state index in [0.717, 1.165) is 22.4 Å². The lowest BCUT2D eigenvalue weighted by atomic mass is 10.1. The number of hydrogen-bond acceptors (Lipinski definition) is 7. The highest BCUT2D eigenvalue weighted by Gasteiger charge is 2.17. The molecule has 0 spiro atoms. The third kappa shape index (κ3) is 4.34. The second-order valence-electron chi connectivity index (χ2n) is 7.69. The van der Waals surface area contributed by atoms with Crippen LogP contribution in [0.3, 0.4) is 0 Å². The Labute approximate surface area is 198 Å². The van der Waals surface area contributed by atoms with Gasteiger partial charge in [0.15, 0.2) is 16.7 Å². The summed E-state index contributed by atoms with van der Waals surface area (Å²) in [6.07, 6.45) is 0. The van der Waals surface area contributed by atoms with Crippen LogP contribution in [0.1, 0.15) is 16.7 Å². The first-order chi connectivity index (χ1) is 16.0. The number of aromatic nitrogens is 2. The standard InChI is InChI=1S/C24H21N3O4S2/c1-14-3-5-17(9-15(14)2)27-23(29)22-18(7-8-32-22)26-24(27)33-12-21(28)25-11-16-4-6-19-20(10-16)31-13-30-19/h3-10H,11-13H2,1-2H3,(H,25,28). The molecule has 33 heavy (non-hydrogen) atoms. The molecule has 168 valence electrons. The van der Waals surface area contributed by atoms with Gasteiger partial charge in [-0.15, -0.1) is 11.3 Å². The molecule has 4 aromatic rings. The van der Waals surface area contributed by atoms with Crippen molar-refractivity contribution < 1.29 is 14.3 Å². The molecule has 1 amide bonds. The molecule has 2 aromatic carbocycles. The van der Waals surface area contributed by atoms with Crippen LogP contribution in [0.25, 0.3) is 15.9 Å². The monoisotopic (exact) mass is 479 g/mol. The normalized spacial score (nSPS) is 12.3. The third-order valence-corrected chi connectivity index (χ3v) is 7.29. The van der Waals surface area contributed by atoms with Gasteiger partial charge in [0.1, 0.15) is 4.70 Å². The number of ether oxygens (including phenoxy) is 2. The number of thiophene rings is 1. The molecule has 0 aliphatic carbocycles. The van der Waals surface area contributed by atoms with Gasteiger partial charge in [-0.3, -0.25) is 14.2 Å². The lowest BCUT2D eigenvalue weighted by Crippen LogP contribution is -2.26. The molecule has 0 saturated carbocycles. The van der Waals surface area contributed by atoms with Gasteiger partial charge in [-0.1, -0.05) is 23.9 Å². The Morgan fingerprint density at radius 2 is 1.97 bits per heavy atom. The number of hydrogen-bond donors (Lipinski definition) is 1. The SMILES string of the molecule is Cc1ccc(-n2c(SCC(=O)NCc3ccc4c(c3)OCO4)nc3ccsc3c2=O)cc1C. The Kier molecular flexibility index (Phi) is 5.82. The number of fused-ring (bicyclic) bond motifs is 2. The van der Waals surface area contributed by atoms with Crippen LogP contribution in [-0.4, -0.2) is 28.0 Å². The molecule has 3 heterocycles. The predicted molar refractivity (Wildman–Crippen MR) is 130 cm³/mol. The third-order valence-electron chi connectivity index (χ3n) is 5.46. The summed E-state index contributed by atoms with van der Waals surface area (Å²) in [6.45, 7) is 4.63. The second kappa shape index (κ2) is 8.92. The first-order valence-electron chi connectivity index (χ1n) is 10.4. The molecule has 0 radical (unpaired) electrons. The van der Waals surface area contributed by atoms with Crippen LogP contribution in [0, 0.1) is 13.8 Å². The van der Waals surface area contributed by atoms with E-state index in [0.29, 0.717) is 33.4 Å². The number of aryl methyl sites for hydroxylation is 2. The Morgan fingerprint density at radius 3 is 2.82 bits per heavy atom. The maximum absolute atomic E-state index is 13.3. The first-order valence-corrected chi connectivity index (χ1v) is 12.2. The Balaban J connectivity index is 1.35. The van der Waals surface area contributed by atoms with Gasteiger partial charge in [-0.2, -0.15) is 0 Å². The molecule has 1 aliphatic heterocycles. The highest BCUT2D eigenvalue weighted by molar-refractivity contribution is 7.99. The summed E-state index contributed by atoms with van der Waals surface area (Å²) >= 11 is 2.62. The number of amides is 1. The Morgan fingerprint density at radius 1 is 1.12 bits per heavy atom. The van der Waals surface area contributed by atoms with Gasteiger partial charge in [0.05, 0.1) is 17.0 Å². The zero-order valence-electron chi connectivity index (χ0n) is 18.1. The molecule has 1 N–H and O–H groups in total. The molecule has 2 aromatic heterocycles. The summed E-state index contributed by atoms with van der Waals surface area (Å²) in [6, 6.07) is 13.3. The largest absolute Gasteiger partial charge is 0.454 e. The molecule has 7 nitrogen and oxygen atoms in total. The van der Waals surface area contributed by atoms with E-state index >= 15 is 0 Å². The van der Waals surface area contributed by atoms with Crippen molar-refractivity contribution in [2.24, 2.45) is 0 Å². The second-order valence-corrected chi connectivity index (χ2v) is 9.55. The molecule has 9 heteroatoms. The van der Waals surface area contributed by atoms with Crippen LogP contribution in [-0.2, 0) is 11.3 Å². The summed E-state index contributed by atoms with van der Waals surface area (Å²) < 4.78 is 12.9. The first kappa shape index (κ1) is 21.5. The van der Waals surface area contributed by atoms with Gasteiger partial charge >= 0.3 is 0 Å². The van der Waals surface area contributed by atoms with Crippen molar-refractivity contribution >= 4 is 39.2 Å². The number of thioether (sulfide) groups is 1. The van der Waals surface area contributed by atoms with Gasteiger partial charge in [-0.05, 0) is 66.2 Å². The van der Waals surface area contributed by atoms with E-state index in [4.69, 9.17) is 9.47 Å². The quantitative estimate of drug-likeness (QED) is 0.330. The molecule has 0 bridgehead atoms. The van der Waals surface area contributed by atoms with E-state index in [1.807, 2.05) is 61.7 Å². The van der Waals surface area contributed by atoms with E-state index in [1.165, 1.54) is 23.1 Å². The van der Waals surface area contributed by atoms with E-state index < -0.39 is 0 Å². The smallest absolute Gasteiger partial charge is 0.276 e.